The Morgan fingerprint density at radius 3 is 2.78 bits per heavy atom. The van der Waals surface area contributed by atoms with E-state index in [-0.39, 0.29) is 18.1 Å². The number of halogens is 2. The van der Waals surface area contributed by atoms with E-state index in [9.17, 15) is 4.79 Å². The van der Waals surface area contributed by atoms with Gasteiger partial charge in [0.05, 0.1) is 31.5 Å². The zero-order valence-corrected chi connectivity index (χ0v) is 17.6. The van der Waals surface area contributed by atoms with Crippen molar-refractivity contribution in [2.75, 3.05) is 32.1 Å². The van der Waals surface area contributed by atoms with E-state index in [4.69, 9.17) is 21.1 Å². The number of nitrogens with zero attached hydrogens (tertiary/aromatic N) is 1. The Balaban J connectivity index is 1.67. The Labute approximate surface area is 172 Å². The minimum atomic E-state index is -0.310. The highest BCUT2D eigenvalue weighted by atomic mass is 79.9. The van der Waals surface area contributed by atoms with Crippen LogP contribution in [0.4, 0.5) is 5.69 Å². The number of anilines is 1. The molecule has 0 aliphatic carbocycles. The van der Waals surface area contributed by atoms with Gasteiger partial charge in [0.1, 0.15) is 5.75 Å². The first-order chi connectivity index (χ1) is 13.0. The van der Waals surface area contributed by atoms with Gasteiger partial charge in [0, 0.05) is 22.6 Å². The van der Waals surface area contributed by atoms with Crippen molar-refractivity contribution in [3.8, 4) is 5.75 Å². The first kappa shape index (κ1) is 20.1. The molecule has 3 rings (SSSR count). The van der Waals surface area contributed by atoms with Crippen LogP contribution in [0.15, 0.2) is 46.9 Å². The Kier molecular flexibility index (Phi) is 6.76. The summed E-state index contributed by atoms with van der Waals surface area (Å²) < 4.78 is 12.2. The maximum Gasteiger partial charge on any atom is 0.241 e. The first-order valence-electron chi connectivity index (χ1n) is 8.73. The number of hydrogen-bond acceptors (Lipinski definition) is 4. The molecule has 1 aliphatic heterocycles. The number of amides is 1. The van der Waals surface area contributed by atoms with Gasteiger partial charge < -0.3 is 14.8 Å². The molecule has 5 nitrogen and oxygen atoms in total. The van der Waals surface area contributed by atoms with Gasteiger partial charge in [-0.05, 0) is 42.8 Å². The molecule has 1 heterocycles. The summed E-state index contributed by atoms with van der Waals surface area (Å²) in [7, 11) is 1.56. The predicted octanol–water partition coefficient (Wildman–Crippen LogP) is 4.51. The van der Waals surface area contributed by atoms with E-state index in [0.29, 0.717) is 36.2 Å². The van der Waals surface area contributed by atoms with Crippen molar-refractivity contribution in [3.63, 3.8) is 0 Å². The normalized spacial score (nSPS) is 18.7. The van der Waals surface area contributed by atoms with Crippen LogP contribution in [-0.2, 0) is 9.53 Å². The molecule has 1 N–H and O–H groups in total. The minimum Gasteiger partial charge on any atom is -0.495 e. The number of hydrogen-bond donors (Lipinski definition) is 1. The second-order valence-electron chi connectivity index (χ2n) is 6.42. The van der Waals surface area contributed by atoms with Crippen molar-refractivity contribution < 1.29 is 14.3 Å². The van der Waals surface area contributed by atoms with Crippen LogP contribution in [0, 0.1) is 0 Å². The van der Waals surface area contributed by atoms with E-state index in [2.05, 4.69) is 26.1 Å². The van der Waals surface area contributed by atoms with Gasteiger partial charge in [0.2, 0.25) is 5.91 Å². The number of carbonyl (C=O) groups excluding carboxylic acids is 1. The summed E-state index contributed by atoms with van der Waals surface area (Å²) in [5.41, 5.74) is 1.67. The third-order valence-corrected chi connectivity index (χ3v) is 5.45. The number of carbonyl (C=O) groups is 1. The van der Waals surface area contributed by atoms with Gasteiger partial charge in [0.15, 0.2) is 0 Å². The third-order valence-electron chi connectivity index (χ3n) is 4.69. The number of methoxy groups -OCH3 is 1. The van der Waals surface area contributed by atoms with Crippen LogP contribution in [0.5, 0.6) is 5.75 Å². The molecule has 0 radical (unpaired) electrons. The number of benzene rings is 2. The van der Waals surface area contributed by atoms with Gasteiger partial charge in [-0.1, -0.05) is 39.7 Å². The number of morpholine rings is 1. The molecule has 144 valence electrons. The van der Waals surface area contributed by atoms with Gasteiger partial charge in [-0.15, -0.1) is 0 Å². The van der Waals surface area contributed by atoms with Crippen LogP contribution >= 0.6 is 27.5 Å². The predicted molar refractivity (Wildman–Crippen MR) is 111 cm³/mol. The van der Waals surface area contributed by atoms with Crippen LogP contribution in [0.25, 0.3) is 0 Å². The molecule has 1 aliphatic rings. The average Bonchev–Trinajstić information content (AvgIpc) is 2.68. The van der Waals surface area contributed by atoms with Crippen LogP contribution in [0.1, 0.15) is 18.6 Å². The molecule has 1 fully saturated rings. The van der Waals surface area contributed by atoms with E-state index >= 15 is 0 Å². The molecular formula is C20H22BrClN2O3. The smallest absolute Gasteiger partial charge is 0.241 e. The van der Waals surface area contributed by atoms with Crippen LogP contribution in [0.3, 0.4) is 0 Å². The lowest BCUT2D eigenvalue weighted by Gasteiger charge is -2.36. The molecule has 2 aromatic rings. The summed E-state index contributed by atoms with van der Waals surface area (Å²) in [5.74, 6) is 0.474. The molecule has 0 bridgehead atoms. The molecule has 0 aromatic heterocycles. The summed E-state index contributed by atoms with van der Waals surface area (Å²) in [5, 5.41) is 3.47. The molecule has 2 aromatic carbocycles. The topological polar surface area (TPSA) is 50.8 Å². The van der Waals surface area contributed by atoms with Crippen LogP contribution in [-0.4, -0.2) is 43.7 Å². The Morgan fingerprint density at radius 2 is 2.07 bits per heavy atom. The van der Waals surface area contributed by atoms with Gasteiger partial charge in [-0.25, -0.2) is 0 Å². The molecule has 0 spiro atoms. The summed E-state index contributed by atoms with van der Waals surface area (Å²) in [4.78, 5) is 14.9. The Morgan fingerprint density at radius 1 is 1.33 bits per heavy atom. The van der Waals surface area contributed by atoms with E-state index in [1.807, 2.05) is 31.2 Å². The average molecular weight is 454 g/mol. The minimum absolute atomic E-state index is 0.0530. The fourth-order valence-corrected chi connectivity index (χ4v) is 3.52. The zero-order chi connectivity index (χ0) is 19.4. The van der Waals surface area contributed by atoms with Crippen molar-refractivity contribution >= 4 is 39.1 Å². The quantitative estimate of drug-likeness (QED) is 0.723. The van der Waals surface area contributed by atoms with E-state index in [1.54, 1.807) is 25.3 Å². The van der Waals surface area contributed by atoms with Gasteiger partial charge in [-0.3, -0.25) is 9.69 Å². The molecule has 1 amide bonds. The summed E-state index contributed by atoms with van der Waals surface area (Å²) in [6.45, 7) is 3.84. The van der Waals surface area contributed by atoms with Crippen molar-refractivity contribution in [2.24, 2.45) is 0 Å². The molecule has 1 saturated heterocycles. The second kappa shape index (κ2) is 9.06. The molecule has 0 saturated carbocycles. The third kappa shape index (κ3) is 5.02. The zero-order valence-electron chi connectivity index (χ0n) is 15.2. The maximum atomic E-state index is 12.8. The Bertz CT molecular complexity index is 800. The molecular weight excluding hydrogens is 432 g/mol. The highest BCUT2D eigenvalue weighted by Gasteiger charge is 2.29. The standard InChI is InChI=1S/C20H22BrClN2O3/c1-13(20(25)23-17-11-16(22)7-8-18(17)26-2)24-9-10-27-19(12-24)14-3-5-15(21)6-4-14/h3-8,11,13,19H,9-10,12H2,1-2H3,(H,23,25). The SMILES string of the molecule is COc1ccc(Cl)cc1NC(=O)C(C)N1CCOC(c2ccc(Br)cc2)C1. The molecule has 2 atom stereocenters. The van der Waals surface area contributed by atoms with Crippen LogP contribution < -0.4 is 10.1 Å². The Hall–Kier alpha value is -1.60. The van der Waals surface area contributed by atoms with Crippen molar-refractivity contribution in [3.05, 3.63) is 57.5 Å². The van der Waals surface area contributed by atoms with Crippen LogP contribution in [0.2, 0.25) is 5.02 Å². The first-order valence-corrected chi connectivity index (χ1v) is 9.90. The highest BCUT2D eigenvalue weighted by Crippen LogP contribution is 2.29. The summed E-state index contributed by atoms with van der Waals surface area (Å²) in [6, 6.07) is 12.9. The van der Waals surface area contributed by atoms with E-state index in [1.165, 1.54) is 0 Å². The number of nitrogens with one attached hydrogen (secondary N) is 1. The highest BCUT2D eigenvalue weighted by molar-refractivity contribution is 9.10. The molecule has 7 heteroatoms. The molecule has 27 heavy (non-hydrogen) atoms. The monoisotopic (exact) mass is 452 g/mol. The number of rotatable bonds is 5. The summed E-state index contributed by atoms with van der Waals surface area (Å²) >= 11 is 9.49. The van der Waals surface area contributed by atoms with Crippen molar-refractivity contribution in [1.29, 1.82) is 0 Å². The van der Waals surface area contributed by atoms with Gasteiger partial charge >= 0.3 is 0 Å². The number of ether oxygens (including phenoxy) is 2. The lowest BCUT2D eigenvalue weighted by Crippen LogP contribution is -2.48. The lowest BCUT2D eigenvalue weighted by molar-refractivity contribution is -0.124. The largest absolute Gasteiger partial charge is 0.495 e. The van der Waals surface area contributed by atoms with Gasteiger partial charge in [0.25, 0.3) is 0 Å². The van der Waals surface area contributed by atoms with Crippen molar-refractivity contribution in [2.45, 2.75) is 19.1 Å². The van der Waals surface area contributed by atoms with E-state index < -0.39 is 0 Å². The maximum absolute atomic E-state index is 12.8. The fourth-order valence-electron chi connectivity index (χ4n) is 3.08. The second-order valence-corrected chi connectivity index (χ2v) is 7.77. The van der Waals surface area contributed by atoms with E-state index in [0.717, 1.165) is 10.0 Å². The lowest BCUT2D eigenvalue weighted by atomic mass is 10.1. The van der Waals surface area contributed by atoms with Gasteiger partial charge in [-0.2, -0.15) is 0 Å². The molecule has 2 unspecified atom stereocenters. The fraction of sp³-hybridized carbons (Fsp3) is 0.350. The summed E-state index contributed by atoms with van der Waals surface area (Å²) in [6.07, 6.45) is -0.0530. The van der Waals surface area contributed by atoms with Crippen molar-refractivity contribution in [1.82, 2.24) is 4.90 Å².